The Morgan fingerprint density at radius 3 is 2.65 bits per heavy atom. The Bertz CT molecular complexity index is 1210. The van der Waals surface area contributed by atoms with Crippen LogP contribution in [0.15, 0.2) is 53.2 Å². The highest BCUT2D eigenvalue weighted by atomic mass is 32.1. The van der Waals surface area contributed by atoms with Gasteiger partial charge in [0, 0.05) is 22.5 Å². The van der Waals surface area contributed by atoms with E-state index in [1.807, 2.05) is 48.7 Å². The van der Waals surface area contributed by atoms with Crippen LogP contribution in [0.3, 0.4) is 0 Å². The SMILES string of the molecule is CCCCNC(=O)c1cc(-c2csc(COc3ccc(OC)cc3)n2)n(Cc2cccs2)c1C. The highest BCUT2D eigenvalue weighted by Gasteiger charge is 2.20. The van der Waals surface area contributed by atoms with Crippen LogP contribution in [0.25, 0.3) is 11.4 Å². The van der Waals surface area contributed by atoms with E-state index in [1.54, 1.807) is 29.8 Å². The van der Waals surface area contributed by atoms with Crippen molar-refractivity contribution in [2.45, 2.75) is 39.8 Å². The smallest absolute Gasteiger partial charge is 0.253 e. The monoisotopic (exact) mass is 495 g/mol. The van der Waals surface area contributed by atoms with Gasteiger partial charge in [0.15, 0.2) is 0 Å². The van der Waals surface area contributed by atoms with Gasteiger partial charge in [-0.05, 0) is 55.1 Å². The molecule has 0 unspecified atom stereocenters. The van der Waals surface area contributed by atoms with Crippen molar-refractivity contribution in [3.63, 3.8) is 0 Å². The summed E-state index contributed by atoms with van der Waals surface area (Å²) in [6.45, 7) is 5.89. The molecule has 0 saturated heterocycles. The second-order valence-corrected chi connectivity index (χ2v) is 9.87. The summed E-state index contributed by atoms with van der Waals surface area (Å²) >= 11 is 3.27. The third kappa shape index (κ3) is 5.69. The molecule has 0 aliphatic heterocycles. The molecule has 34 heavy (non-hydrogen) atoms. The van der Waals surface area contributed by atoms with Gasteiger partial charge in [0.1, 0.15) is 23.1 Å². The van der Waals surface area contributed by atoms with E-state index in [2.05, 4.69) is 28.3 Å². The molecule has 0 fully saturated rings. The van der Waals surface area contributed by atoms with Crippen LogP contribution in [0.1, 0.15) is 45.7 Å². The van der Waals surface area contributed by atoms with E-state index in [4.69, 9.17) is 14.5 Å². The minimum Gasteiger partial charge on any atom is -0.497 e. The molecule has 0 atom stereocenters. The van der Waals surface area contributed by atoms with Gasteiger partial charge in [-0.3, -0.25) is 4.79 Å². The summed E-state index contributed by atoms with van der Waals surface area (Å²) in [7, 11) is 1.64. The van der Waals surface area contributed by atoms with Gasteiger partial charge in [-0.25, -0.2) is 4.98 Å². The number of rotatable bonds is 11. The first kappa shape index (κ1) is 24.0. The Balaban J connectivity index is 1.56. The summed E-state index contributed by atoms with van der Waals surface area (Å²) in [5.41, 5.74) is 3.44. The maximum absolute atomic E-state index is 12.9. The molecular weight excluding hydrogens is 466 g/mol. The Labute approximate surface area is 208 Å². The average molecular weight is 496 g/mol. The van der Waals surface area contributed by atoms with Gasteiger partial charge in [-0.1, -0.05) is 19.4 Å². The minimum atomic E-state index is -0.0320. The van der Waals surface area contributed by atoms with Crippen LogP contribution in [0, 0.1) is 6.92 Å². The number of hydrogen-bond donors (Lipinski definition) is 1. The quantitative estimate of drug-likeness (QED) is 0.254. The second-order valence-electron chi connectivity index (χ2n) is 7.89. The molecule has 8 heteroatoms. The zero-order chi connectivity index (χ0) is 23.9. The summed E-state index contributed by atoms with van der Waals surface area (Å²) in [6, 6.07) is 13.6. The molecular formula is C26H29N3O3S2. The number of hydrogen-bond acceptors (Lipinski definition) is 6. The van der Waals surface area contributed by atoms with Crippen LogP contribution in [0.2, 0.25) is 0 Å². The number of carbonyl (C=O) groups is 1. The summed E-state index contributed by atoms with van der Waals surface area (Å²) in [6.07, 6.45) is 2.02. The first-order chi connectivity index (χ1) is 16.6. The molecule has 178 valence electrons. The molecule has 4 rings (SSSR count). The van der Waals surface area contributed by atoms with E-state index in [-0.39, 0.29) is 5.91 Å². The zero-order valence-corrected chi connectivity index (χ0v) is 21.3. The lowest BCUT2D eigenvalue weighted by Gasteiger charge is -2.10. The first-order valence-corrected chi connectivity index (χ1v) is 13.1. The minimum absolute atomic E-state index is 0.0320. The molecule has 0 aliphatic rings. The summed E-state index contributed by atoms with van der Waals surface area (Å²) in [5, 5.41) is 8.03. The number of amides is 1. The lowest BCUT2D eigenvalue weighted by Crippen LogP contribution is -2.24. The summed E-state index contributed by atoms with van der Waals surface area (Å²) < 4.78 is 13.3. The Morgan fingerprint density at radius 1 is 1.15 bits per heavy atom. The van der Waals surface area contributed by atoms with Crippen molar-refractivity contribution in [1.82, 2.24) is 14.9 Å². The predicted molar refractivity (Wildman–Crippen MR) is 138 cm³/mol. The number of methoxy groups -OCH3 is 1. The number of thiophene rings is 1. The summed E-state index contributed by atoms with van der Waals surface area (Å²) in [4.78, 5) is 18.9. The van der Waals surface area contributed by atoms with Crippen molar-refractivity contribution in [3.8, 4) is 22.9 Å². The second kappa shape index (κ2) is 11.4. The van der Waals surface area contributed by atoms with Gasteiger partial charge < -0.3 is 19.4 Å². The Hall–Kier alpha value is -3.10. The van der Waals surface area contributed by atoms with Crippen LogP contribution in [0.4, 0.5) is 0 Å². The first-order valence-electron chi connectivity index (χ1n) is 11.3. The van der Waals surface area contributed by atoms with Gasteiger partial charge in [0.2, 0.25) is 0 Å². The molecule has 6 nitrogen and oxygen atoms in total. The fourth-order valence-corrected chi connectivity index (χ4v) is 5.03. The summed E-state index contributed by atoms with van der Waals surface area (Å²) in [5.74, 6) is 1.52. The lowest BCUT2D eigenvalue weighted by atomic mass is 10.2. The van der Waals surface area contributed by atoms with Crippen LogP contribution in [-0.2, 0) is 13.2 Å². The van der Waals surface area contributed by atoms with E-state index in [0.29, 0.717) is 25.3 Å². The van der Waals surface area contributed by atoms with Gasteiger partial charge in [-0.15, -0.1) is 22.7 Å². The number of nitrogens with one attached hydrogen (secondary N) is 1. The number of carbonyl (C=O) groups excluding carboxylic acids is 1. The van der Waals surface area contributed by atoms with Crippen molar-refractivity contribution in [3.05, 3.63) is 74.4 Å². The van der Waals surface area contributed by atoms with E-state index in [1.165, 1.54) is 4.88 Å². The number of benzene rings is 1. The molecule has 3 aromatic heterocycles. The Kier molecular flexibility index (Phi) is 8.03. The average Bonchev–Trinajstić information content (AvgIpc) is 3.60. The third-order valence-electron chi connectivity index (χ3n) is 5.56. The van der Waals surface area contributed by atoms with E-state index < -0.39 is 0 Å². The molecule has 0 aliphatic carbocycles. The number of aromatic nitrogens is 2. The van der Waals surface area contributed by atoms with Crippen LogP contribution in [-0.4, -0.2) is 29.1 Å². The van der Waals surface area contributed by atoms with Gasteiger partial charge in [0.25, 0.3) is 5.91 Å². The third-order valence-corrected chi connectivity index (χ3v) is 7.24. The molecule has 0 bridgehead atoms. The molecule has 3 heterocycles. The molecule has 0 spiro atoms. The molecule has 0 radical (unpaired) electrons. The van der Waals surface area contributed by atoms with Crippen LogP contribution < -0.4 is 14.8 Å². The van der Waals surface area contributed by atoms with E-state index in [9.17, 15) is 4.79 Å². The van der Waals surface area contributed by atoms with Crippen molar-refractivity contribution in [2.75, 3.05) is 13.7 Å². The van der Waals surface area contributed by atoms with E-state index >= 15 is 0 Å². The van der Waals surface area contributed by atoms with Gasteiger partial charge in [-0.2, -0.15) is 0 Å². The van der Waals surface area contributed by atoms with Gasteiger partial charge >= 0.3 is 0 Å². The predicted octanol–water partition coefficient (Wildman–Crippen LogP) is 6.15. The van der Waals surface area contributed by atoms with Crippen LogP contribution in [0.5, 0.6) is 11.5 Å². The van der Waals surface area contributed by atoms with Gasteiger partial charge in [0.05, 0.1) is 30.6 Å². The van der Waals surface area contributed by atoms with Crippen molar-refractivity contribution in [1.29, 1.82) is 0 Å². The van der Waals surface area contributed by atoms with Crippen molar-refractivity contribution in [2.24, 2.45) is 0 Å². The highest BCUT2D eigenvalue weighted by molar-refractivity contribution is 7.10. The number of ether oxygens (including phenoxy) is 2. The highest BCUT2D eigenvalue weighted by Crippen LogP contribution is 2.29. The maximum atomic E-state index is 12.9. The molecule has 1 N–H and O–H groups in total. The van der Waals surface area contributed by atoms with E-state index in [0.717, 1.165) is 46.4 Å². The van der Waals surface area contributed by atoms with Crippen molar-refractivity contribution < 1.29 is 14.3 Å². The largest absolute Gasteiger partial charge is 0.497 e. The maximum Gasteiger partial charge on any atom is 0.253 e. The standard InChI is InChI=1S/C26H29N3O3S2/c1-4-5-12-27-26(30)22-14-24(29(18(22)2)15-21-7-6-13-33-21)23-17-34-25(28-23)16-32-20-10-8-19(31-3)9-11-20/h6-11,13-14,17H,4-5,12,15-16H2,1-3H3,(H,27,30). The Morgan fingerprint density at radius 2 is 1.94 bits per heavy atom. The zero-order valence-electron chi connectivity index (χ0n) is 19.7. The normalized spacial score (nSPS) is 10.9. The lowest BCUT2D eigenvalue weighted by molar-refractivity contribution is 0.0952. The number of unbranched alkanes of at least 4 members (excludes halogenated alkanes) is 1. The van der Waals surface area contributed by atoms with Crippen LogP contribution >= 0.6 is 22.7 Å². The number of nitrogens with zero attached hydrogens (tertiary/aromatic N) is 2. The molecule has 1 amide bonds. The number of thiazole rings is 1. The molecule has 1 aromatic carbocycles. The fraction of sp³-hybridized carbons (Fsp3) is 0.308. The fourth-order valence-electron chi connectivity index (χ4n) is 3.64. The topological polar surface area (TPSA) is 65.4 Å². The molecule has 4 aromatic rings. The van der Waals surface area contributed by atoms with Crippen molar-refractivity contribution >= 4 is 28.6 Å². The molecule has 0 saturated carbocycles.